The van der Waals surface area contributed by atoms with Crippen LogP contribution in [0.1, 0.15) is 30.9 Å². The van der Waals surface area contributed by atoms with Crippen LogP contribution in [-0.2, 0) is 20.9 Å². The Kier molecular flexibility index (Phi) is 6.26. The van der Waals surface area contributed by atoms with Crippen molar-refractivity contribution < 1.29 is 14.3 Å². The lowest BCUT2D eigenvalue weighted by atomic mass is 10.1. The highest BCUT2D eigenvalue weighted by Crippen LogP contribution is 2.24. The summed E-state index contributed by atoms with van der Waals surface area (Å²) in [5.74, 6) is -0.821. The Morgan fingerprint density at radius 2 is 1.81 bits per heavy atom. The normalized spacial score (nSPS) is 14.4. The predicted octanol–water partition coefficient (Wildman–Crippen LogP) is 3.82. The van der Waals surface area contributed by atoms with Crippen LogP contribution >= 0.6 is 0 Å². The van der Waals surface area contributed by atoms with Crippen molar-refractivity contribution in [1.82, 2.24) is 15.1 Å². The molecule has 1 saturated carbocycles. The number of carbonyl (C=O) groups is 2. The molecule has 0 spiro atoms. The average Bonchev–Trinajstić information content (AvgIpc) is 3.51. The van der Waals surface area contributed by atoms with Gasteiger partial charge in [0.15, 0.2) is 6.10 Å². The second kappa shape index (κ2) is 9.43. The standard InChI is InChI=1S/C25H25N3O3/c1-18(25(30)26-22-13-14-22)31-23(29)15-12-21-17-28(16-19-8-4-2-5-9-19)27-24(21)20-10-6-3-7-11-20/h2-12,15,17-18,22H,13-14,16H2,1H3,(H,26,30)/b15-12+. The predicted molar refractivity (Wildman–Crippen MR) is 119 cm³/mol. The molecule has 1 N–H and O–H groups in total. The number of nitrogens with one attached hydrogen (secondary N) is 1. The first-order valence-corrected chi connectivity index (χ1v) is 10.4. The second-order valence-electron chi connectivity index (χ2n) is 7.68. The molecule has 158 valence electrons. The zero-order valence-electron chi connectivity index (χ0n) is 17.4. The number of hydrogen-bond acceptors (Lipinski definition) is 4. The van der Waals surface area contributed by atoms with Gasteiger partial charge in [0, 0.05) is 29.4 Å². The molecule has 1 atom stereocenters. The van der Waals surface area contributed by atoms with E-state index in [-0.39, 0.29) is 11.9 Å². The molecule has 1 unspecified atom stereocenters. The Hall–Kier alpha value is -3.67. The van der Waals surface area contributed by atoms with Gasteiger partial charge >= 0.3 is 5.97 Å². The number of carbonyl (C=O) groups excluding carboxylic acids is 2. The largest absolute Gasteiger partial charge is 0.449 e. The topological polar surface area (TPSA) is 73.2 Å². The van der Waals surface area contributed by atoms with Crippen molar-refractivity contribution in [2.24, 2.45) is 0 Å². The van der Waals surface area contributed by atoms with Crippen LogP contribution in [0.5, 0.6) is 0 Å². The number of hydrogen-bond donors (Lipinski definition) is 1. The van der Waals surface area contributed by atoms with Crippen LogP contribution in [0, 0.1) is 0 Å². The van der Waals surface area contributed by atoms with Crippen molar-refractivity contribution in [2.45, 2.75) is 38.5 Å². The lowest BCUT2D eigenvalue weighted by Gasteiger charge is -2.11. The van der Waals surface area contributed by atoms with Gasteiger partial charge in [0.25, 0.3) is 5.91 Å². The lowest BCUT2D eigenvalue weighted by Crippen LogP contribution is -2.36. The van der Waals surface area contributed by atoms with E-state index >= 15 is 0 Å². The molecule has 6 heteroatoms. The number of benzene rings is 2. The van der Waals surface area contributed by atoms with Crippen LogP contribution in [0.2, 0.25) is 0 Å². The Morgan fingerprint density at radius 1 is 1.13 bits per heavy atom. The summed E-state index contributed by atoms with van der Waals surface area (Å²) < 4.78 is 7.10. The molecule has 0 bridgehead atoms. The lowest BCUT2D eigenvalue weighted by molar-refractivity contribution is -0.150. The van der Waals surface area contributed by atoms with E-state index in [9.17, 15) is 9.59 Å². The van der Waals surface area contributed by atoms with Crippen LogP contribution in [0.15, 0.2) is 72.9 Å². The van der Waals surface area contributed by atoms with Crippen molar-refractivity contribution in [3.8, 4) is 11.3 Å². The summed E-state index contributed by atoms with van der Waals surface area (Å²) in [7, 11) is 0. The van der Waals surface area contributed by atoms with Crippen LogP contribution in [0.25, 0.3) is 17.3 Å². The van der Waals surface area contributed by atoms with Crippen molar-refractivity contribution in [1.29, 1.82) is 0 Å². The van der Waals surface area contributed by atoms with Gasteiger partial charge in [0.05, 0.1) is 12.2 Å². The fraction of sp³-hybridized carbons (Fsp3) is 0.240. The van der Waals surface area contributed by atoms with Gasteiger partial charge < -0.3 is 10.1 Å². The molecule has 1 aliphatic carbocycles. The first-order valence-electron chi connectivity index (χ1n) is 10.4. The minimum atomic E-state index is -0.827. The quantitative estimate of drug-likeness (QED) is 0.448. The molecular weight excluding hydrogens is 390 g/mol. The summed E-state index contributed by atoms with van der Waals surface area (Å²) in [6.07, 6.45) is 6.08. The van der Waals surface area contributed by atoms with Crippen LogP contribution in [0.4, 0.5) is 0 Å². The molecule has 0 saturated heterocycles. The zero-order valence-corrected chi connectivity index (χ0v) is 17.4. The Balaban J connectivity index is 1.50. The van der Waals surface area contributed by atoms with Gasteiger partial charge in [0.2, 0.25) is 0 Å². The van der Waals surface area contributed by atoms with Gasteiger partial charge in [-0.05, 0) is 31.4 Å². The molecule has 6 nitrogen and oxygen atoms in total. The molecule has 0 aliphatic heterocycles. The summed E-state index contributed by atoms with van der Waals surface area (Å²) >= 11 is 0. The highest BCUT2D eigenvalue weighted by atomic mass is 16.5. The Labute approximate surface area is 181 Å². The fourth-order valence-electron chi connectivity index (χ4n) is 3.20. The number of amides is 1. The molecule has 0 radical (unpaired) electrons. The van der Waals surface area contributed by atoms with Gasteiger partial charge in [-0.2, -0.15) is 5.10 Å². The van der Waals surface area contributed by atoms with E-state index in [1.54, 1.807) is 13.0 Å². The van der Waals surface area contributed by atoms with Gasteiger partial charge in [-0.3, -0.25) is 9.48 Å². The molecule has 1 amide bonds. The van der Waals surface area contributed by atoms with Crippen molar-refractivity contribution in [3.63, 3.8) is 0 Å². The van der Waals surface area contributed by atoms with Gasteiger partial charge in [-0.15, -0.1) is 0 Å². The fourth-order valence-corrected chi connectivity index (χ4v) is 3.20. The SMILES string of the molecule is CC(OC(=O)/C=C/c1cn(Cc2ccccc2)nc1-c1ccccc1)C(=O)NC1CC1. The van der Waals surface area contributed by atoms with E-state index in [0.717, 1.165) is 35.2 Å². The summed E-state index contributed by atoms with van der Waals surface area (Å²) in [5, 5.41) is 7.57. The highest BCUT2D eigenvalue weighted by molar-refractivity contribution is 5.91. The molecule has 31 heavy (non-hydrogen) atoms. The van der Waals surface area contributed by atoms with Gasteiger partial charge in [-0.1, -0.05) is 60.7 Å². The minimum Gasteiger partial charge on any atom is -0.449 e. The van der Waals surface area contributed by atoms with E-state index in [0.29, 0.717) is 6.54 Å². The third kappa shape index (κ3) is 5.69. The average molecular weight is 415 g/mol. The van der Waals surface area contributed by atoms with Crippen LogP contribution in [-0.4, -0.2) is 33.8 Å². The van der Waals surface area contributed by atoms with E-state index in [1.165, 1.54) is 6.08 Å². The number of esters is 1. The third-order valence-electron chi connectivity index (χ3n) is 5.01. The van der Waals surface area contributed by atoms with Crippen molar-refractivity contribution >= 4 is 18.0 Å². The summed E-state index contributed by atoms with van der Waals surface area (Å²) in [4.78, 5) is 24.3. The van der Waals surface area contributed by atoms with Crippen molar-refractivity contribution in [3.05, 3.63) is 84.1 Å². The summed E-state index contributed by atoms with van der Waals surface area (Å²) in [6, 6.07) is 20.1. The molecule has 3 aromatic rings. The number of aromatic nitrogens is 2. The smallest absolute Gasteiger partial charge is 0.331 e. The number of ether oxygens (including phenoxy) is 1. The second-order valence-corrected chi connectivity index (χ2v) is 7.68. The molecule has 1 aliphatic rings. The van der Waals surface area contributed by atoms with E-state index in [4.69, 9.17) is 9.84 Å². The Bertz CT molecular complexity index is 1070. The maximum absolute atomic E-state index is 12.3. The van der Waals surface area contributed by atoms with E-state index in [2.05, 4.69) is 5.32 Å². The molecule has 4 rings (SSSR count). The highest BCUT2D eigenvalue weighted by Gasteiger charge is 2.26. The summed E-state index contributed by atoms with van der Waals surface area (Å²) in [5.41, 5.74) is 3.67. The van der Waals surface area contributed by atoms with Gasteiger partial charge in [0.1, 0.15) is 0 Å². The number of nitrogens with zero attached hydrogens (tertiary/aromatic N) is 2. The maximum Gasteiger partial charge on any atom is 0.331 e. The first-order chi connectivity index (χ1) is 15.1. The Morgan fingerprint density at radius 3 is 2.48 bits per heavy atom. The molecule has 2 aromatic carbocycles. The molecule has 1 heterocycles. The van der Waals surface area contributed by atoms with E-state index in [1.807, 2.05) is 71.5 Å². The van der Waals surface area contributed by atoms with Crippen LogP contribution < -0.4 is 5.32 Å². The molecular formula is C25H25N3O3. The van der Waals surface area contributed by atoms with Crippen molar-refractivity contribution in [2.75, 3.05) is 0 Å². The summed E-state index contributed by atoms with van der Waals surface area (Å²) in [6.45, 7) is 2.20. The van der Waals surface area contributed by atoms with Crippen LogP contribution in [0.3, 0.4) is 0 Å². The maximum atomic E-state index is 12.3. The zero-order chi connectivity index (χ0) is 21.6. The first kappa shape index (κ1) is 20.6. The monoisotopic (exact) mass is 415 g/mol. The third-order valence-corrected chi connectivity index (χ3v) is 5.01. The molecule has 1 aromatic heterocycles. The number of rotatable bonds is 8. The van der Waals surface area contributed by atoms with Gasteiger partial charge in [-0.25, -0.2) is 4.79 Å². The van der Waals surface area contributed by atoms with E-state index < -0.39 is 12.1 Å². The molecule has 1 fully saturated rings. The minimum absolute atomic E-state index is 0.230.